The minimum absolute atomic E-state index is 0.329. The van der Waals surface area contributed by atoms with Gasteiger partial charge in [-0.05, 0) is 49.7 Å². The molecule has 0 spiro atoms. The summed E-state index contributed by atoms with van der Waals surface area (Å²) in [6.45, 7) is 3.39. The van der Waals surface area contributed by atoms with E-state index in [1.165, 1.54) is 5.56 Å². The van der Waals surface area contributed by atoms with Gasteiger partial charge in [0.25, 0.3) is 0 Å². The van der Waals surface area contributed by atoms with Crippen molar-refractivity contribution in [3.8, 4) is 11.3 Å². The Balaban J connectivity index is 1.47. The van der Waals surface area contributed by atoms with Gasteiger partial charge in [-0.25, -0.2) is 9.97 Å². The maximum absolute atomic E-state index is 6.26. The molecule has 0 unspecified atom stereocenters. The maximum atomic E-state index is 6.26. The molecule has 31 heavy (non-hydrogen) atoms. The zero-order valence-corrected chi connectivity index (χ0v) is 18.7. The van der Waals surface area contributed by atoms with Gasteiger partial charge in [0, 0.05) is 40.3 Å². The lowest BCUT2D eigenvalue weighted by Crippen LogP contribution is -2.39. The van der Waals surface area contributed by atoms with Crippen molar-refractivity contribution < 1.29 is 0 Å². The predicted molar refractivity (Wildman–Crippen MR) is 128 cm³/mol. The lowest BCUT2D eigenvalue weighted by Gasteiger charge is -2.23. The van der Waals surface area contributed by atoms with Crippen molar-refractivity contribution >= 4 is 34.8 Å². The van der Waals surface area contributed by atoms with Crippen LogP contribution in [0, 0.1) is 0 Å². The molecule has 0 atom stereocenters. The van der Waals surface area contributed by atoms with Gasteiger partial charge in [-0.3, -0.25) is 0 Å². The molecule has 0 radical (unpaired) electrons. The van der Waals surface area contributed by atoms with E-state index in [1.54, 1.807) is 18.3 Å². The van der Waals surface area contributed by atoms with E-state index in [1.807, 2.05) is 18.2 Å². The fourth-order valence-electron chi connectivity index (χ4n) is 3.67. The number of benzene rings is 2. The molecule has 0 amide bonds. The normalized spacial score (nSPS) is 14.5. The lowest BCUT2D eigenvalue weighted by molar-refractivity contribution is 0.386. The number of halogens is 2. The Kier molecular flexibility index (Phi) is 7.25. The highest BCUT2D eigenvalue weighted by atomic mass is 35.5. The number of rotatable bonds is 7. The van der Waals surface area contributed by atoms with E-state index in [4.69, 9.17) is 33.9 Å². The minimum Gasteiger partial charge on any atom is -0.381 e. The fraction of sp³-hybridized carbons (Fsp3) is 0.304. The Hall–Kier alpha value is -2.38. The maximum Gasteiger partial charge on any atom is 0.169 e. The van der Waals surface area contributed by atoms with Crippen molar-refractivity contribution in [2.45, 2.75) is 32.0 Å². The Labute approximate surface area is 192 Å². The van der Waals surface area contributed by atoms with Gasteiger partial charge >= 0.3 is 0 Å². The molecule has 1 saturated heterocycles. The van der Waals surface area contributed by atoms with Crippen molar-refractivity contribution in [1.82, 2.24) is 20.6 Å². The van der Waals surface area contributed by atoms with Crippen LogP contribution in [-0.2, 0) is 13.1 Å². The highest BCUT2D eigenvalue weighted by molar-refractivity contribution is 6.36. The van der Waals surface area contributed by atoms with Crippen molar-refractivity contribution in [2.24, 2.45) is 0 Å². The first-order valence-electron chi connectivity index (χ1n) is 10.4. The molecule has 0 saturated carbocycles. The Bertz CT molecular complexity index is 1020. The number of aromatic nitrogens is 2. The van der Waals surface area contributed by atoms with E-state index in [-0.39, 0.29) is 0 Å². The average molecular weight is 457 g/mol. The number of nitrogens with two attached hydrogens (primary N) is 1. The van der Waals surface area contributed by atoms with Crippen LogP contribution in [0.3, 0.4) is 0 Å². The second kappa shape index (κ2) is 10.3. The van der Waals surface area contributed by atoms with Crippen LogP contribution < -0.4 is 21.7 Å². The average Bonchev–Trinajstić information content (AvgIpc) is 2.79. The monoisotopic (exact) mass is 456 g/mol. The molecule has 1 fully saturated rings. The van der Waals surface area contributed by atoms with Crippen LogP contribution in [0.1, 0.15) is 24.0 Å². The van der Waals surface area contributed by atoms with Gasteiger partial charge in [0.15, 0.2) is 11.6 Å². The van der Waals surface area contributed by atoms with Gasteiger partial charge in [-0.15, -0.1) is 0 Å². The second-order valence-corrected chi connectivity index (χ2v) is 8.46. The largest absolute Gasteiger partial charge is 0.381 e. The van der Waals surface area contributed by atoms with E-state index < -0.39 is 0 Å². The number of hydrogen-bond donors (Lipinski definition) is 4. The molecule has 1 aliphatic heterocycles. The van der Waals surface area contributed by atoms with Crippen LogP contribution in [0.15, 0.2) is 48.7 Å². The highest BCUT2D eigenvalue weighted by Crippen LogP contribution is 2.27. The molecule has 0 aliphatic carbocycles. The summed E-state index contributed by atoms with van der Waals surface area (Å²) >= 11 is 12.5. The number of anilines is 2. The Morgan fingerprint density at radius 1 is 1.03 bits per heavy atom. The van der Waals surface area contributed by atoms with E-state index in [2.05, 4.69) is 33.1 Å². The summed E-state index contributed by atoms with van der Waals surface area (Å²) in [5, 5.41) is 11.5. The molecule has 3 aromatic rings. The summed E-state index contributed by atoms with van der Waals surface area (Å²) < 4.78 is 0. The number of piperidine rings is 1. The minimum atomic E-state index is 0.329. The van der Waals surface area contributed by atoms with E-state index in [0.29, 0.717) is 34.3 Å². The summed E-state index contributed by atoms with van der Waals surface area (Å²) in [5.74, 6) is 0.836. The SMILES string of the molecule is Nc1ncc(-c2cccc(CNC3CCNCC3)c2)nc1NCc1c(Cl)cccc1Cl. The fourth-order valence-corrected chi connectivity index (χ4v) is 4.20. The van der Waals surface area contributed by atoms with Crippen LogP contribution in [0.5, 0.6) is 0 Å². The van der Waals surface area contributed by atoms with Crippen molar-refractivity contribution in [3.63, 3.8) is 0 Å². The number of nitrogens with zero attached hydrogens (tertiary/aromatic N) is 2. The molecule has 4 rings (SSSR count). The molecule has 5 N–H and O–H groups in total. The first kappa shape index (κ1) is 21.8. The van der Waals surface area contributed by atoms with Gasteiger partial charge in [0.1, 0.15) is 0 Å². The summed E-state index contributed by atoms with van der Waals surface area (Å²) in [4.78, 5) is 9.02. The zero-order valence-electron chi connectivity index (χ0n) is 17.2. The van der Waals surface area contributed by atoms with Gasteiger partial charge in [0.2, 0.25) is 0 Å². The quantitative estimate of drug-likeness (QED) is 0.418. The molecule has 6 nitrogen and oxygen atoms in total. The smallest absolute Gasteiger partial charge is 0.169 e. The van der Waals surface area contributed by atoms with Gasteiger partial charge in [-0.2, -0.15) is 0 Å². The van der Waals surface area contributed by atoms with E-state index in [0.717, 1.165) is 49.3 Å². The van der Waals surface area contributed by atoms with Crippen molar-refractivity contribution in [2.75, 3.05) is 24.1 Å². The molecular formula is C23H26Cl2N6. The molecule has 162 valence electrons. The van der Waals surface area contributed by atoms with Crippen LogP contribution in [-0.4, -0.2) is 29.1 Å². The van der Waals surface area contributed by atoms with Crippen molar-refractivity contribution in [3.05, 3.63) is 69.8 Å². The van der Waals surface area contributed by atoms with Crippen LogP contribution in [0.2, 0.25) is 10.0 Å². The Morgan fingerprint density at radius 3 is 2.55 bits per heavy atom. The van der Waals surface area contributed by atoms with Crippen molar-refractivity contribution in [1.29, 1.82) is 0 Å². The number of nitrogens with one attached hydrogen (secondary N) is 3. The van der Waals surface area contributed by atoms with E-state index >= 15 is 0 Å². The lowest BCUT2D eigenvalue weighted by atomic mass is 10.1. The Morgan fingerprint density at radius 2 is 1.77 bits per heavy atom. The molecular weight excluding hydrogens is 431 g/mol. The van der Waals surface area contributed by atoms with Gasteiger partial charge < -0.3 is 21.7 Å². The second-order valence-electron chi connectivity index (χ2n) is 7.65. The van der Waals surface area contributed by atoms with Crippen LogP contribution in [0.25, 0.3) is 11.3 Å². The molecule has 8 heteroatoms. The molecule has 1 aromatic heterocycles. The third-order valence-electron chi connectivity index (χ3n) is 5.45. The first-order valence-corrected chi connectivity index (χ1v) is 11.2. The zero-order chi connectivity index (χ0) is 21.6. The van der Waals surface area contributed by atoms with Crippen LogP contribution >= 0.6 is 23.2 Å². The summed E-state index contributed by atoms with van der Waals surface area (Å²) in [7, 11) is 0. The third-order valence-corrected chi connectivity index (χ3v) is 6.16. The number of hydrogen-bond acceptors (Lipinski definition) is 6. The highest BCUT2D eigenvalue weighted by Gasteiger charge is 2.13. The molecule has 0 bridgehead atoms. The number of nitrogen functional groups attached to an aromatic ring is 1. The summed E-state index contributed by atoms with van der Waals surface area (Å²) in [6.07, 6.45) is 4.02. The topological polar surface area (TPSA) is 87.9 Å². The summed E-state index contributed by atoms with van der Waals surface area (Å²) in [6, 6.07) is 14.3. The first-order chi connectivity index (χ1) is 15.1. The molecule has 1 aliphatic rings. The predicted octanol–water partition coefficient (Wildman–Crippen LogP) is 4.49. The van der Waals surface area contributed by atoms with Gasteiger partial charge in [0.05, 0.1) is 11.9 Å². The molecule has 2 aromatic carbocycles. The standard InChI is InChI=1S/C23H26Cl2N6/c24-19-5-2-6-20(25)18(19)13-30-23-22(26)29-14-21(31-23)16-4-1-3-15(11-16)12-28-17-7-9-27-10-8-17/h1-6,11,14,17,27-28H,7-10,12-13H2,(H2,26,29)(H,30,31). The van der Waals surface area contributed by atoms with Gasteiger partial charge in [-0.1, -0.05) is 47.5 Å². The van der Waals surface area contributed by atoms with Crippen LogP contribution in [0.4, 0.5) is 11.6 Å². The van der Waals surface area contributed by atoms with E-state index in [9.17, 15) is 0 Å². The molecule has 2 heterocycles. The summed E-state index contributed by atoms with van der Waals surface area (Å²) in [5.41, 5.74) is 9.81. The third kappa shape index (κ3) is 5.66.